The second-order valence-electron chi connectivity index (χ2n) is 4.45. The van der Waals surface area contributed by atoms with Crippen molar-refractivity contribution in [2.75, 3.05) is 0 Å². The van der Waals surface area contributed by atoms with Crippen LogP contribution in [0.15, 0.2) is 42.6 Å². The molecular weight excluding hydrogens is 278 g/mol. The van der Waals surface area contributed by atoms with E-state index in [1.54, 1.807) is 18.2 Å². The average Bonchev–Trinajstić information content (AvgIpc) is 2.82. The fraction of sp³-hybridized carbons (Fsp3) is 0.0667. The number of halogens is 2. The van der Waals surface area contributed by atoms with E-state index in [0.29, 0.717) is 17.0 Å². The van der Waals surface area contributed by atoms with Crippen molar-refractivity contribution in [2.24, 2.45) is 0 Å². The number of nitrogens with one attached hydrogen (secondary N) is 1. The largest absolute Gasteiger partial charge is 0.349 e. The van der Waals surface area contributed by atoms with Gasteiger partial charge >= 0.3 is 0 Å². The normalized spacial score (nSPS) is 14.6. The molecule has 0 spiro atoms. The average molecular weight is 288 g/mol. The van der Waals surface area contributed by atoms with Crippen molar-refractivity contribution < 1.29 is 8.78 Å². The number of rotatable bonds is 2. The van der Waals surface area contributed by atoms with E-state index < -0.39 is 5.95 Å². The number of nitrogens with zero attached hydrogens (tertiary/aromatic N) is 1. The van der Waals surface area contributed by atoms with E-state index in [-0.39, 0.29) is 5.82 Å². The zero-order valence-electron chi connectivity index (χ0n) is 10.4. The zero-order valence-corrected chi connectivity index (χ0v) is 11.2. The molecule has 0 saturated heterocycles. The van der Waals surface area contributed by atoms with Crippen LogP contribution < -0.4 is 5.32 Å². The number of hydrogen-bond donors (Lipinski definition) is 1. The van der Waals surface area contributed by atoms with Crippen molar-refractivity contribution in [3.8, 4) is 0 Å². The molecule has 3 rings (SSSR count). The lowest BCUT2D eigenvalue weighted by Gasteiger charge is -2.08. The van der Waals surface area contributed by atoms with Gasteiger partial charge in [0.25, 0.3) is 0 Å². The fourth-order valence-corrected chi connectivity index (χ4v) is 2.46. The van der Waals surface area contributed by atoms with Gasteiger partial charge in [0.1, 0.15) is 5.82 Å². The monoisotopic (exact) mass is 288 g/mol. The van der Waals surface area contributed by atoms with Crippen LogP contribution in [0, 0.1) is 11.8 Å². The van der Waals surface area contributed by atoms with E-state index in [4.69, 9.17) is 12.2 Å². The van der Waals surface area contributed by atoms with Crippen molar-refractivity contribution in [1.82, 2.24) is 10.3 Å². The van der Waals surface area contributed by atoms with Gasteiger partial charge in [-0.3, -0.25) is 0 Å². The van der Waals surface area contributed by atoms with E-state index in [1.807, 2.05) is 0 Å². The topological polar surface area (TPSA) is 24.9 Å². The lowest BCUT2D eigenvalue weighted by molar-refractivity contribution is 0.583. The molecule has 20 heavy (non-hydrogen) atoms. The van der Waals surface area contributed by atoms with Gasteiger partial charge in [-0.05, 0) is 29.3 Å². The maximum Gasteiger partial charge on any atom is 0.213 e. The molecule has 1 N–H and O–H groups in total. The predicted molar refractivity (Wildman–Crippen MR) is 77.8 cm³/mol. The minimum absolute atomic E-state index is 0.292. The molecule has 2 heterocycles. The first-order valence-electron chi connectivity index (χ1n) is 6.04. The molecule has 5 heteroatoms. The lowest BCUT2D eigenvalue weighted by atomic mass is 10.0. The Morgan fingerprint density at radius 2 is 1.80 bits per heavy atom. The van der Waals surface area contributed by atoms with Crippen LogP contribution in [-0.2, 0) is 0 Å². The van der Waals surface area contributed by atoms with Gasteiger partial charge in [-0.15, -0.1) is 0 Å². The molecule has 0 aliphatic carbocycles. The third-order valence-electron chi connectivity index (χ3n) is 3.11. The number of pyridine rings is 1. The summed E-state index contributed by atoms with van der Waals surface area (Å²) >= 11 is 5.20. The molecule has 0 unspecified atom stereocenters. The van der Waals surface area contributed by atoms with Crippen molar-refractivity contribution in [1.29, 1.82) is 0 Å². The van der Waals surface area contributed by atoms with Crippen LogP contribution >= 0.6 is 12.2 Å². The van der Waals surface area contributed by atoms with Gasteiger partial charge < -0.3 is 5.32 Å². The van der Waals surface area contributed by atoms with E-state index in [0.717, 1.165) is 16.8 Å². The molecule has 2 nitrogen and oxygen atoms in total. The van der Waals surface area contributed by atoms with Crippen LogP contribution in [0.2, 0.25) is 0 Å². The van der Waals surface area contributed by atoms with Crippen LogP contribution in [0.1, 0.15) is 17.5 Å². The first-order valence-corrected chi connectivity index (χ1v) is 6.45. The van der Waals surface area contributed by atoms with Crippen molar-refractivity contribution in [2.45, 2.75) is 6.42 Å². The molecular formula is C15H10F2N2S. The van der Waals surface area contributed by atoms with Crippen LogP contribution in [-0.4, -0.2) is 9.97 Å². The molecule has 1 aliphatic heterocycles. The fourth-order valence-electron chi connectivity index (χ4n) is 2.21. The minimum atomic E-state index is -0.548. The number of benzene rings is 1. The summed E-state index contributed by atoms with van der Waals surface area (Å²) in [5.74, 6) is -0.840. The third-order valence-corrected chi connectivity index (χ3v) is 3.36. The Bertz CT molecular complexity index is 708. The quantitative estimate of drug-likeness (QED) is 0.676. The molecule has 100 valence electrons. The smallest absolute Gasteiger partial charge is 0.213 e. The van der Waals surface area contributed by atoms with E-state index in [9.17, 15) is 8.78 Å². The van der Waals surface area contributed by atoms with Gasteiger partial charge in [-0.1, -0.05) is 24.4 Å². The molecule has 2 aromatic rings. The van der Waals surface area contributed by atoms with Gasteiger partial charge in [-0.25, -0.2) is 9.37 Å². The highest BCUT2D eigenvalue weighted by Crippen LogP contribution is 2.32. The van der Waals surface area contributed by atoms with Gasteiger partial charge in [0.15, 0.2) is 0 Å². The van der Waals surface area contributed by atoms with Gasteiger partial charge in [-0.2, -0.15) is 4.39 Å². The van der Waals surface area contributed by atoms with E-state index >= 15 is 0 Å². The maximum atomic E-state index is 13.3. The van der Waals surface area contributed by atoms with Crippen LogP contribution in [0.4, 0.5) is 8.78 Å². The Kier molecular flexibility index (Phi) is 3.28. The van der Waals surface area contributed by atoms with Crippen LogP contribution in [0.3, 0.4) is 0 Å². The number of hydrogen-bond acceptors (Lipinski definition) is 2. The first-order chi connectivity index (χ1) is 9.63. The van der Waals surface area contributed by atoms with Crippen molar-refractivity contribution >= 4 is 28.5 Å². The molecule has 1 aromatic heterocycles. The summed E-state index contributed by atoms with van der Waals surface area (Å²) < 4.78 is 26.3. The van der Waals surface area contributed by atoms with Gasteiger partial charge in [0, 0.05) is 24.2 Å². The van der Waals surface area contributed by atoms with Crippen molar-refractivity contribution in [3.63, 3.8) is 0 Å². The molecule has 0 amide bonds. The highest BCUT2D eigenvalue weighted by atomic mass is 32.1. The SMILES string of the molecule is Fc1ccc(C2=C(c3ccnc(F)c3)NC(=S)C2)cc1. The molecule has 0 bridgehead atoms. The molecule has 0 radical (unpaired) electrons. The van der Waals surface area contributed by atoms with E-state index in [2.05, 4.69) is 10.3 Å². The number of thiocarbonyl (C=S) groups is 1. The summed E-state index contributed by atoms with van der Waals surface area (Å²) in [6.45, 7) is 0. The second-order valence-corrected chi connectivity index (χ2v) is 4.95. The maximum absolute atomic E-state index is 13.3. The summed E-state index contributed by atoms with van der Waals surface area (Å²) in [5.41, 5.74) is 3.23. The number of aromatic nitrogens is 1. The second kappa shape index (κ2) is 5.09. The Morgan fingerprint density at radius 3 is 2.50 bits per heavy atom. The molecule has 0 fully saturated rings. The molecule has 0 atom stereocenters. The summed E-state index contributed by atoms with van der Waals surface area (Å²) in [4.78, 5) is 4.20. The third kappa shape index (κ3) is 2.44. The summed E-state index contributed by atoms with van der Waals surface area (Å²) in [6.07, 6.45) is 1.96. The minimum Gasteiger partial charge on any atom is -0.349 e. The van der Waals surface area contributed by atoms with Crippen molar-refractivity contribution in [3.05, 3.63) is 65.5 Å². The summed E-state index contributed by atoms with van der Waals surface area (Å²) in [6, 6.07) is 9.24. The predicted octanol–water partition coefficient (Wildman–Crippen LogP) is 3.55. The van der Waals surface area contributed by atoms with Crippen LogP contribution in [0.25, 0.3) is 11.3 Å². The Balaban J connectivity index is 2.11. The van der Waals surface area contributed by atoms with E-state index in [1.165, 1.54) is 24.4 Å². The molecule has 0 saturated carbocycles. The summed E-state index contributed by atoms with van der Waals surface area (Å²) in [5, 5.41) is 3.08. The summed E-state index contributed by atoms with van der Waals surface area (Å²) in [7, 11) is 0. The Labute approximate surface area is 120 Å². The molecule has 1 aromatic carbocycles. The Morgan fingerprint density at radius 1 is 1.05 bits per heavy atom. The lowest BCUT2D eigenvalue weighted by Crippen LogP contribution is -2.12. The van der Waals surface area contributed by atoms with Crippen LogP contribution in [0.5, 0.6) is 0 Å². The Hall–Kier alpha value is -2.14. The zero-order chi connectivity index (χ0) is 14.1. The van der Waals surface area contributed by atoms with Gasteiger partial charge in [0.2, 0.25) is 5.95 Å². The standard InChI is InChI=1S/C15H10F2N2S/c16-11-3-1-9(2-4-11)12-8-14(20)19-15(12)10-5-6-18-13(17)7-10/h1-7H,8H2,(H,19,20). The highest BCUT2D eigenvalue weighted by Gasteiger charge is 2.21. The highest BCUT2D eigenvalue weighted by molar-refractivity contribution is 7.80. The molecule has 1 aliphatic rings. The first kappa shape index (κ1) is 12.9. The van der Waals surface area contributed by atoms with Gasteiger partial charge in [0.05, 0.1) is 10.7 Å².